The highest BCUT2D eigenvalue weighted by Crippen LogP contribution is 2.33. The van der Waals surface area contributed by atoms with E-state index in [0.717, 1.165) is 11.1 Å². The van der Waals surface area contributed by atoms with E-state index in [1.54, 1.807) is 26.0 Å². The van der Waals surface area contributed by atoms with Crippen LogP contribution in [0.25, 0.3) is 0 Å². The minimum Gasteiger partial charge on any atom is -0.493 e. The summed E-state index contributed by atoms with van der Waals surface area (Å²) in [6.45, 7) is 2.49. The van der Waals surface area contributed by atoms with Crippen LogP contribution in [0, 0.1) is 6.92 Å². The van der Waals surface area contributed by atoms with Crippen molar-refractivity contribution in [2.75, 3.05) is 27.4 Å². The second-order valence-electron chi connectivity index (χ2n) is 6.05. The molecule has 0 aliphatic carbocycles. The van der Waals surface area contributed by atoms with Crippen LogP contribution < -0.4 is 19.6 Å². The van der Waals surface area contributed by atoms with Crippen molar-refractivity contribution in [3.63, 3.8) is 0 Å². The Morgan fingerprint density at radius 3 is 2.46 bits per heavy atom. The molecule has 0 fully saturated rings. The van der Waals surface area contributed by atoms with E-state index in [2.05, 4.69) is 0 Å². The van der Waals surface area contributed by atoms with Gasteiger partial charge in [0.05, 0.1) is 14.2 Å². The Bertz CT molecular complexity index is 873. The van der Waals surface area contributed by atoms with Gasteiger partial charge in [0.2, 0.25) is 11.2 Å². The molecule has 138 valence electrons. The first-order chi connectivity index (χ1) is 12.5. The molecule has 0 spiro atoms. The normalized spacial score (nSPS) is 13.1. The predicted octanol–water partition coefficient (Wildman–Crippen LogP) is 1.93. The van der Waals surface area contributed by atoms with Gasteiger partial charge in [-0.1, -0.05) is 0 Å². The third-order valence-corrected chi connectivity index (χ3v) is 4.35. The average molecular weight is 359 g/mol. The minimum atomic E-state index is -0.303. The van der Waals surface area contributed by atoms with Gasteiger partial charge in [-0.05, 0) is 36.6 Å². The first kappa shape index (κ1) is 17.8. The van der Waals surface area contributed by atoms with Gasteiger partial charge in [-0.3, -0.25) is 9.59 Å². The summed E-state index contributed by atoms with van der Waals surface area (Å²) in [5, 5.41) is 0. The van der Waals surface area contributed by atoms with Crippen molar-refractivity contribution in [1.82, 2.24) is 4.90 Å². The van der Waals surface area contributed by atoms with E-state index in [1.807, 2.05) is 12.1 Å². The summed E-state index contributed by atoms with van der Waals surface area (Å²) in [6.07, 6.45) is 1.95. The fraction of sp³-hybridized carbons (Fsp3) is 0.368. The Morgan fingerprint density at radius 1 is 1.12 bits per heavy atom. The van der Waals surface area contributed by atoms with Crippen LogP contribution in [-0.4, -0.2) is 38.2 Å². The number of ether oxygens (including phenoxy) is 3. The Kier molecular flexibility index (Phi) is 5.16. The molecule has 0 N–H and O–H groups in total. The number of fused-ring (bicyclic) bond motifs is 1. The average Bonchev–Trinajstić information content (AvgIpc) is 2.65. The van der Waals surface area contributed by atoms with Crippen LogP contribution in [0.2, 0.25) is 0 Å². The maximum absolute atomic E-state index is 12.4. The number of rotatable bonds is 5. The number of carbonyl (C=O) groups excluding carboxylic acids is 1. The number of aryl methyl sites for hydroxylation is 1. The van der Waals surface area contributed by atoms with Crippen molar-refractivity contribution in [2.24, 2.45) is 0 Å². The highest BCUT2D eigenvalue weighted by Gasteiger charge is 2.23. The Morgan fingerprint density at radius 2 is 1.81 bits per heavy atom. The lowest BCUT2D eigenvalue weighted by molar-refractivity contribution is -0.134. The van der Waals surface area contributed by atoms with Gasteiger partial charge >= 0.3 is 0 Å². The number of hydrogen-bond donors (Lipinski definition) is 0. The molecule has 0 atom stereocenters. The van der Waals surface area contributed by atoms with Gasteiger partial charge in [0.15, 0.2) is 18.1 Å². The van der Waals surface area contributed by atoms with Crippen molar-refractivity contribution in [3.05, 3.63) is 51.6 Å². The predicted molar refractivity (Wildman–Crippen MR) is 93.9 cm³/mol. The van der Waals surface area contributed by atoms with E-state index in [-0.39, 0.29) is 23.7 Å². The molecule has 0 saturated heterocycles. The van der Waals surface area contributed by atoms with Crippen LogP contribution in [0.15, 0.2) is 33.7 Å². The standard InChI is InChI=1S/C19H21NO6/c1-12-6-15(21)18(10-25-12)26-11-19(22)20-5-4-13-7-16(23-2)17(24-3)8-14(13)9-20/h6-8,10H,4-5,9,11H2,1-3H3. The van der Waals surface area contributed by atoms with Crippen LogP contribution in [0.4, 0.5) is 0 Å². The largest absolute Gasteiger partial charge is 0.493 e. The summed E-state index contributed by atoms with van der Waals surface area (Å²) < 4.78 is 21.1. The Balaban J connectivity index is 1.68. The van der Waals surface area contributed by atoms with Gasteiger partial charge in [-0.15, -0.1) is 0 Å². The molecule has 1 aliphatic rings. The monoisotopic (exact) mass is 359 g/mol. The van der Waals surface area contributed by atoms with Crippen LogP contribution in [0.3, 0.4) is 0 Å². The summed E-state index contributed by atoms with van der Waals surface area (Å²) in [6, 6.07) is 5.17. The second-order valence-corrected chi connectivity index (χ2v) is 6.05. The summed E-state index contributed by atoms with van der Waals surface area (Å²) in [5.41, 5.74) is 1.84. The summed E-state index contributed by atoms with van der Waals surface area (Å²) in [4.78, 5) is 25.9. The lowest BCUT2D eigenvalue weighted by Gasteiger charge is -2.29. The highest BCUT2D eigenvalue weighted by molar-refractivity contribution is 5.78. The molecule has 0 radical (unpaired) electrons. The third-order valence-electron chi connectivity index (χ3n) is 4.35. The van der Waals surface area contributed by atoms with E-state index in [1.165, 1.54) is 12.3 Å². The molecule has 1 aromatic carbocycles. The molecule has 3 rings (SSSR count). The molecule has 7 nitrogen and oxygen atoms in total. The SMILES string of the molecule is COc1cc2c(cc1OC)CN(C(=O)COc1coc(C)cc1=O)CC2. The molecular formula is C19H21NO6. The maximum Gasteiger partial charge on any atom is 0.260 e. The molecule has 2 aromatic rings. The van der Waals surface area contributed by atoms with Crippen molar-refractivity contribution < 1.29 is 23.4 Å². The fourth-order valence-corrected chi connectivity index (χ4v) is 2.93. The Labute approximate surface area is 151 Å². The van der Waals surface area contributed by atoms with Gasteiger partial charge in [-0.25, -0.2) is 0 Å². The number of hydrogen-bond acceptors (Lipinski definition) is 6. The van der Waals surface area contributed by atoms with Gasteiger partial charge in [0.1, 0.15) is 12.0 Å². The van der Waals surface area contributed by atoms with Crippen molar-refractivity contribution in [2.45, 2.75) is 19.9 Å². The smallest absolute Gasteiger partial charge is 0.260 e. The van der Waals surface area contributed by atoms with Gasteiger partial charge in [0, 0.05) is 19.2 Å². The molecule has 0 saturated carbocycles. The van der Waals surface area contributed by atoms with Crippen LogP contribution in [0.1, 0.15) is 16.9 Å². The molecule has 1 aliphatic heterocycles. The molecule has 1 amide bonds. The number of methoxy groups -OCH3 is 2. The van der Waals surface area contributed by atoms with Crippen LogP contribution in [-0.2, 0) is 17.8 Å². The zero-order valence-corrected chi connectivity index (χ0v) is 15.0. The molecule has 1 aromatic heterocycles. The van der Waals surface area contributed by atoms with E-state index >= 15 is 0 Å². The van der Waals surface area contributed by atoms with Gasteiger partial charge < -0.3 is 23.5 Å². The number of benzene rings is 1. The van der Waals surface area contributed by atoms with Crippen molar-refractivity contribution in [1.29, 1.82) is 0 Å². The number of amides is 1. The van der Waals surface area contributed by atoms with E-state index in [0.29, 0.717) is 36.8 Å². The van der Waals surface area contributed by atoms with E-state index in [9.17, 15) is 9.59 Å². The minimum absolute atomic E-state index is 0.0350. The third kappa shape index (κ3) is 3.66. The lowest BCUT2D eigenvalue weighted by Crippen LogP contribution is -2.39. The lowest BCUT2D eigenvalue weighted by atomic mass is 9.99. The van der Waals surface area contributed by atoms with Gasteiger partial charge in [-0.2, -0.15) is 0 Å². The summed E-state index contributed by atoms with van der Waals surface area (Å²) >= 11 is 0. The fourth-order valence-electron chi connectivity index (χ4n) is 2.93. The quantitative estimate of drug-likeness (QED) is 0.812. The molecule has 0 unspecified atom stereocenters. The van der Waals surface area contributed by atoms with Crippen molar-refractivity contribution in [3.8, 4) is 17.2 Å². The van der Waals surface area contributed by atoms with Crippen LogP contribution >= 0.6 is 0 Å². The maximum atomic E-state index is 12.4. The topological polar surface area (TPSA) is 78.2 Å². The first-order valence-electron chi connectivity index (χ1n) is 8.25. The second kappa shape index (κ2) is 7.51. The summed E-state index contributed by atoms with van der Waals surface area (Å²) in [7, 11) is 3.18. The zero-order valence-electron chi connectivity index (χ0n) is 15.0. The number of nitrogens with zero attached hydrogens (tertiary/aromatic N) is 1. The van der Waals surface area contributed by atoms with E-state index in [4.69, 9.17) is 18.6 Å². The molecule has 26 heavy (non-hydrogen) atoms. The highest BCUT2D eigenvalue weighted by atomic mass is 16.5. The molecule has 2 heterocycles. The summed E-state index contributed by atoms with van der Waals surface area (Å²) in [5.74, 6) is 1.65. The zero-order chi connectivity index (χ0) is 18.7. The number of carbonyl (C=O) groups is 1. The van der Waals surface area contributed by atoms with E-state index < -0.39 is 0 Å². The first-order valence-corrected chi connectivity index (χ1v) is 8.25. The molecular weight excluding hydrogens is 338 g/mol. The van der Waals surface area contributed by atoms with Crippen molar-refractivity contribution >= 4 is 5.91 Å². The van der Waals surface area contributed by atoms with Crippen LogP contribution in [0.5, 0.6) is 17.2 Å². The Hall–Kier alpha value is -2.96. The molecule has 0 bridgehead atoms. The van der Waals surface area contributed by atoms with Gasteiger partial charge in [0.25, 0.3) is 5.91 Å². The molecule has 7 heteroatoms.